The molecule has 1 N–H and O–H groups in total. The molecule has 23 heavy (non-hydrogen) atoms. The van der Waals surface area contributed by atoms with Crippen molar-refractivity contribution >= 4 is 17.5 Å². The van der Waals surface area contributed by atoms with Crippen molar-refractivity contribution in [3.05, 3.63) is 29.5 Å². The highest BCUT2D eigenvalue weighted by Gasteiger charge is 2.18. The molecule has 6 heteroatoms. The van der Waals surface area contributed by atoms with Gasteiger partial charge in [-0.15, -0.1) is 0 Å². The highest BCUT2D eigenvalue weighted by atomic mass is 16.6. The van der Waals surface area contributed by atoms with Crippen LogP contribution in [0.1, 0.15) is 32.0 Å². The van der Waals surface area contributed by atoms with Crippen molar-refractivity contribution in [2.24, 2.45) is 0 Å². The van der Waals surface area contributed by atoms with Crippen LogP contribution in [-0.2, 0) is 16.0 Å². The number of carbonyl (C=O) groups excluding carboxylic acids is 1. The van der Waals surface area contributed by atoms with E-state index in [2.05, 4.69) is 10.3 Å². The minimum absolute atomic E-state index is 0.487. The van der Waals surface area contributed by atoms with Crippen LogP contribution in [-0.4, -0.2) is 48.9 Å². The summed E-state index contributed by atoms with van der Waals surface area (Å²) < 4.78 is 10.7. The van der Waals surface area contributed by atoms with Gasteiger partial charge < -0.3 is 14.4 Å². The van der Waals surface area contributed by atoms with E-state index in [1.54, 1.807) is 0 Å². The van der Waals surface area contributed by atoms with Crippen LogP contribution in [0.4, 0.5) is 10.6 Å². The molecule has 126 valence electrons. The molecule has 0 fully saturated rings. The number of hydrogen-bond acceptors (Lipinski definition) is 5. The molecule has 1 amide bonds. The molecule has 1 aliphatic rings. The third-order valence-corrected chi connectivity index (χ3v) is 3.06. The van der Waals surface area contributed by atoms with E-state index in [1.807, 2.05) is 58.0 Å². The van der Waals surface area contributed by atoms with Crippen LogP contribution in [0.3, 0.4) is 0 Å². The van der Waals surface area contributed by atoms with Crippen molar-refractivity contribution in [2.75, 3.05) is 32.6 Å². The lowest BCUT2D eigenvalue weighted by Crippen LogP contribution is -2.27. The van der Waals surface area contributed by atoms with E-state index in [0.29, 0.717) is 25.6 Å². The molecular formula is C17H25N3O3. The molecule has 0 aliphatic carbocycles. The van der Waals surface area contributed by atoms with E-state index >= 15 is 0 Å². The van der Waals surface area contributed by atoms with Crippen LogP contribution in [0, 0.1) is 0 Å². The van der Waals surface area contributed by atoms with Crippen LogP contribution in [0.15, 0.2) is 18.2 Å². The third kappa shape index (κ3) is 5.65. The minimum atomic E-state index is -0.546. The summed E-state index contributed by atoms with van der Waals surface area (Å²) in [5.41, 5.74) is 2.46. The molecule has 0 saturated carbocycles. The molecule has 0 atom stereocenters. The molecule has 6 nitrogen and oxygen atoms in total. The molecule has 0 saturated heterocycles. The van der Waals surface area contributed by atoms with Crippen LogP contribution in [0.5, 0.6) is 0 Å². The summed E-state index contributed by atoms with van der Waals surface area (Å²) >= 11 is 0. The van der Waals surface area contributed by atoms with Crippen molar-refractivity contribution in [1.82, 2.24) is 9.88 Å². The molecule has 1 aromatic heterocycles. The Balaban J connectivity index is 2.23. The summed E-state index contributed by atoms with van der Waals surface area (Å²) in [4.78, 5) is 18.5. The van der Waals surface area contributed by atoms with E-state index < -0.39 is 11.7 Å². The number of anilines is 1. The SMILES string of the molecule is CN(C)Cc1cc(C2=CCOC2)cc(NC(=O)OC(C)(C)C)n1. The van der Waals surface area contributed by atoms with E-state index in [9.17, 15) is 4.79 Å². The minimum Gasteiger partial charge on any atom is -0.444 e. The zero-order valence-electron chi connectivity index (χ0n) is 14.5. The van der Waals surface area contributed by atoms with Gasteiger partial charge in [-0.3, -0.25) is 5.32 Å². The number of rotatable bonds is 4. The van der Waals surface area contributed by atoms with Gasteiger partial charge in [0, 0.05) is 6.54 Å². The molecule has 0 bridgehead atoms. The van der Waals surface area contributed by atoms with Crippen molar-refractivity contribution in [3.8, 4) is 0 Å². The lowest BCUT2D eigenvalue weighted by molar-refractivity contribution is 0.0635. The first kappa shape index (κ1) is 17.4. The molecule has 0 aromatic carbocycles. The average Bonchev–Trinajstić information content (AvgIpc) is 2.88. The van der Waals surface area contributed by atoms with Crippen LogP contribution in [0.2, 0.25) is 0 Å². The Morgan fingerprint density at radius 1 is 1.39 bits per heavy atom. The van der Waals surface area contributed by atoms with E-state index in [4.69, 9.17) is 9.47 Å². The van der Waals surface area contributed by atoms with Gasteiger partial charge in [0.1, 0.15) is 11.4 Å². The van der Waals surface area contributed by atoms with Gasteiger partial charge in [0.05, 0.1) is 18.9 Å². The normalized spacial score (nSPS) is 14.8. The van der Waals surface area contributed by atoms with Crippen LogP contribution >= 0.6 is 0 Å². The van der Waals surface area contributed by atoms with Gasteiger partial charge in [-0.2, -0.15) is 0 Å². The maximum absolute atomic E-state index is 12.0. The Morgan fingerprint density at radius 3 is 2.70 bits per heavy atom. The zero-order valence-corrected chi connectivity index (χ0v) is 14.5. The lowest BCUT2D eigenvalue weighted by atomic mass is 10.1. The fourth-order valence-corrected chi connectivity index (χ4v) is 2.24. The number of hydrogen-bond donors (Lipinski definition) is 1. The highest BCUT2D eigenvalue weighted by Crippen LogP contribution is 2.23. The second-order valence-corrected chi connectivity index (χ2v) is 6.84. The number of aromatic nitrogens is 1. The molecule has 0 unspecified atom stereocenters. The Bertz CT molecular complexity index is 604. The number of pyridine rings is 1. The van der Waals surface area contributed by atoms with E-state index in [-0.39, 0.29) is 0 Å². The number of carbonyl (C=O) groups is 1. The molecule has 0 radical (unpaired) electrons. The standard InChI is InChI=1S/C17H25N3O3/c1-17(2,3)23-16(21)19-15-9-13(12-6-7-22-11-12)8-14(18-15)10-20(4)5/h6,8-9H,7,10-11H2,1-5H3,(H,18,19,21). The lowest BCUT2D eigenvalue weighted by Gasteiger charge is -2.20. The summed E-state index contributed by atoms with van der Waals surface area (Å²) in [6.07, 6.45) is 1.54. The van der Waals surface area contributed by atoms with Gasteiger partial charge in [0.25, 0.3) is 0 Å². The maximum Gasteiger partial charge on any atom is 0.413 e. The van der Waals surface area contributed by atoms with Crippen molar-refractivity contribution in [1.29, 1.82) is 0 Å². The summed E-state index contributed by atoms with van der Waals surface area (Å²) in [5, 5.41) is 2.72. The number of amides is 1. The smallest absolute Gasteiger partial charge is 0.413 e. The van der Waals surface area contributed by atoms with Gasteiger partial charge in [0.2, 0.25) is 0 Å². The van der Waals surface area contributed by atoms with Crippen LogP contribution in [0.25, 0.3) is 5.57 Å². The van der Waals surface area contributed by atoms with Crippen molar-refractivity contribution in [2.45, 2.75) is 32.9 Å². The summed E-state index contributed by atoms with van der Waals surface area (Å²) in [6, 6.07) is 3.88. The van der Waals surface area contributed by atoms with E-state index in [1.165, 1.54) is 0 Å². The summed E-state index contributed by atoms with van der Waals surface area (Å²) in [6.45, 7) is 7.37. The molecule has 2 heterocycles. The second kappa shape index (κ2) is 7.10. The fourth-order valence-electron chi connectivity index (χ4n) is 2.24. The number of nitrogens with one attached hydrogen (secondary N) is 1. The molecular weight excluding hydrogens is 294 g/mol. The molecule has 2 rings (SSSR count). The molecule has 0 spiro atoms. The molecule has 1 aliphatic heterocycles. The number of ether oxygens (including phenoxy) is 2. The fraction of sp³-hybridized carbons (Fsp3) is 0.529. The average molecular weight is 319 g/mol. The monoisotopic (exact) mass is 319 g/mol. The van der Waals surface area contributed by atoms with Gasteiger partial charge >= 0.3 is 6.09 Å². The zero-order chi connectivity index (χ0) is 17.0. The first-order valence-corrected chi connectivity index (χ1v) is 7.66. The van der Waals surface area contributed by atoms with Gasteiger partial charge in [-0.25, -0.2) is 9.78 Å². The van der Waals surface area contributed by atoms with Crippen molar-refractivity contribution in [3.63, 3.8) is 0 Å². The Hall–Kier alpha value is -1.92. The summed E-state index contributed by atoms with van der Waals surface area (Å²) in [7, 11) is 3.96. The Kier molecular flexibility index (Phi) is 5.38. The maximum atomic E-state index is 12.0. The van der Waals surface area contributed by atoms with Crippen molar-refractivity contribution < 1.29 is 14.3 Å². The number of nitrogens with zero attached hydrogens (tertiary/aromatic N) is 2. The Morgan fingerprint density at radius 2 is 2.13 bits per heavy atom. The Labute approximate surface area is 137 Å². The predicted molar refractivity (Wildman–Crippen MR) is 90.3 cm³/mol. The van der Waals surface area contributed by atoms with Gasteiger partial charge in [0.15, 0.2) is 0 Å². The van der Waals surface area contributed by atoms with Gasteiger partial charge in [-0.05, 0) is 58.1 Å². The molecule has 1 aromatic rings. The predicted octanol–water partition coefficient (Wildman–Crippen LogP) is 2.90. The first-order valence-electron chi connectivity index (χ1n) is 7.66. The van der Waals surface area contributed by atoms with E-state index in [0.717, 1.165) is 16.8 Å². The largest absolute Gasteiger partial charge is 0.444 e. The quantitative estimate of drug-likeness (QED) is 0.924. The highest BCUT2D eigenvalue weighted by molar-refractivity contribution is 5.84. The van der Waals surface area contributed by atoms with Crippen LogP contribution < -0.4 is 5.32 Å². The third-order valence-electron chi connectivity index (χ3n) is 3.06. The topological polar surface area (TPSA) is 63.7 Å². The first-order chi connectivity index (χ1) is 10.7. The second-order valence-electron chi connectivity index (χ2n) is 6.84. The van der Waals surface area contributed by atoms with Gasteiger partial charge in [-0.1, -0.05) is 6.08 Å². The summed E-state index contributed by atoms with van der Waals surface area (Å²) in [5.74, 6) is 0.487.